The van der Waals surface area contributed by atoms with E-state index >= 15 is 0 Å². The molecule has 1 N–H and O–H groups in total. The third-order valence-corrected chi connectivity index (χ3v) is 7.99. The number of rotatable bonds is 11. The molecule has 0 saturated heterocycles. The molecule has 3 aromatic carbocycles. The summed E-state index contributed by atoms with van der Waals surface area (Å²) in [5, 5.41) is 3.13. The molecule has 202 valence electrons. The third-order valence-electron chi connectivity index (χ3n) is 5.92. The molecule has 0 aliphatic carbocycles. The minimum atomic E-state index is -4.14. The maximum Gasteiger partial charge on any atom is 0.304 e. The zero-order chi connectivity index (χ0) is 27.9. The average Bonchev–Trinajstić information content (AvgIpc) is 2.90. The first-order valence-corrected chi connectivity index (χ1v) is 13.6. The van der Waals surface area contributed by atoms with Gasteiger partial charge in [-0.1, -0.05) is 54.1 Å². The Kier molecular flexibility index (Phi) is 9.84. The highest BCUT2D eigenvalue weighted by Crippen LogP contribution is 2.22. The molecule has 0 aliphatic rings. The lowest BCUT2D eigenvalue weighted by atomic mass is 10.0. The number of carbonyl (C=O) groups is 2. The van der Waals surface area contributed by atoms with E-state index in [0.29, 0.717) is 10.6 Å². The van der Waals surface area contributed by atoms with Crippen LogP contribution in [0.5, 0.6) is 0 Å². The van der Waals surface area contributed by atoms with Crippen molar-refractivity contribution in [3.05, 3.63) is 101 Å². The molecular weight excluding hydrogens is 531 g/mol. The third kappa shape index (κ3) is 7.31. The van der Waals surface area contributed by atoms with Gasteiger partial charge in [-0.25, -0.2) is 8.70 Å². The van der Waals surface area contributed by atoms with Gasteiger partial charge >= 0.3 is 10.2 Å². The van der Waals surface area contributed by atoms with Crippen molar-refractivity contribution in [1.29, 1.82) is 0 Å². The lowest BCUT2D eigenvalue weighted by molar-refractivity contribution is -0.139. The van der Waals surface area contributed by atoms with Crippen LogP contribution in [0.25, 0.3) is 0 Å². The maximum absolute atomic E-state index is 13.9. The Hall–Kier alpha value is -3.47. The number of hydrogen-bond acceptors (Lipinski definition) is 4. The van der Waals surface area contributed by atoms with Crippen LogP contribution in [0.15, 0.2) is 78.9 Å². The number of nitrogens with zero attached hydrogens (tertiary/aromatic N) is 3. The minimum Gasteiger partial charge on any atom is -0.357 e. The molecule has 2 amide bonds. The zero-order valence-electron chi connectivity index (χ0n) is 21.3. The number of likely N-dealkylation sites (N-methyl/N-ethyl adjacent to an activating group) is 1. The van der Waals surface area contributed by atoms with E-state index in [2.05, 4.69) is 5.32 Å². The first-order chi connectivity index (χ1) is 18.0. The Morgan fingerprint density at radius 2 is 1.53 bits per heavy atom. The molecule has 0 fully saturated rings. The summed E-state index contributed by atoms with van der Waals surface area (Å²) in [7, 11) is 0.0108. The zero-order valence-corrected chi connectivity index (χ0v) is 22.9. The van der Waals surface area contributed by atoms with Gasteiger partial charge in [0, 0.05) is 39.1 Å². The molecule has 38 heavy (non-hydrogen) atoms. The van der Waals surface area contributed by atoms with E-state index in [-0.39, 0.29) is 18.7 Å². The van der Waals surface area contributed by atoms with Gasteiger partial charge in [0.2, 0.25) is 11.8 Å². The Morgan fingerprint density at radius 1 is 0.921 bits per heavy atom. The molecule has 0 radical (unpaired) electrons. The lowest BCUT2D eigenvalue weighted by Gasteiger charge is -2.34. The quantitative estimate of drug-likeness (QED) is 0.389. The number of hydrogen-bond donors (Lipinski definition) is 1. The summed E-state index contributed by atoms with van der Waals surface area (Å²) in [6, 6.07) is 19.9. The molecule has 3 aromatic rings. The molecule has 0 bridgehead atoms. The number of amides is 2. The van der Waals surface area contributed by atoms with Gasteiger partial charge in [0.1, 0.15) is 18.4 Å². The molecule has 0 saturated carbocycles. The van der Waals surface area contributed by atoms with E-state index in [0.717, 1.165) is 26.3 Å². The van der Waals surface area contributed by atoms with Gasteiger partial charge in [0.25, 0.3) is 0 Å². The highest BCUT2D eigenvalue weighted by molar-refractivity contribution is 7.90. The summed E-state index contributed by atoms with van der Waals surface area (Å²) in [5.74, 6) is -1.56. The van der Waals surface area contributed by atoms with Crippen molar-refractivity contribution in [3.8, 4) is 0 Å². The summed E-state index contributed by atoms with van der Waals surface area (Å²) in [6.45, 7) is -0.581. The number of benzene rings is 3. The van der Waals surface area contributed by atoms with E-state index in [1.807, 2.05) is 30.3 Å². The largest absolute Gasteiger partial charge is 0.357 e. The van der Waals surface area contributed by atoms with Crippen LogP contribution < -0.4 is 9.62 Å². The molecule has 11 heteroatoms. The van der Waals surface area contributed by atoms with Gasteiger partial charge in [-0.15, -0.1) is 0 Å². The van der Waals surface area contributed by atoms with Gasteiger partial charge in [-0.3, -0.25) is 9.59 Å². The van der Waals surface area contributed by atoms with E-state index in [1.165, 1.54) is 38.2 Å². The smallest absolute Gasteiger partial charge is 0.304 e. The molecule has 8 nitrogen and oxygen atoms in total. The van der Waals surface area contributed by atoms with Gasteiger partial charge in [0.05, 0.1) is 5.69 Å². The number of anilines is 1. The molecule has 3 rings (SSSR count). The molecule has 0 aliphatic heterocycles. The van der Waals surface area contributed by atoms with E-state index in [9.17, 15) is 22.4 Å². The second kappa shape index (κ2) is 12.9. The van der Waals surface area contributed by atoms with E-state index < -0.39 is 40.4 Å². The number of nitrogens with one attached hydrogen (secondary N) is 1. The monoisotopic (exact) mass is 560 g/mol. The van der Waals surface area contributed by atoms with Crippen molar-refractivity contribution in [2.75, 3.05) is 32.0 Å². The van der Waals surface area contributed by atoms with Gasteiger partial charge < -0.3 is 10.2 Å². The van der Waals surface area contributed by atoms with Crippen LogP contribution in [0, 0.1) is 5.82 Å². The lowest BCUT2D eigenvalue weighted by Crippen LogP contribution is -2.53. The number of halogens is 2. The second-order valence-electron chi connectivity index (χ2n) is 8.74. The second-order valence-corrected chi connectivity index (χ2v) is 11.2. The van der Waals surface area contributed by atoms with Crippen LogP contribution in [0.3, 0.4) is 0 Å². The van der Waals surface area contributed by atoms with E-state index in [1.54, 1.807) is 24.3 Å². The van der Waals surface area contributed by atoms with Crippen LogP contribution >= 0.6 is 11.6 Å². The average molecular weight is 561 g/mol. The maximum atomic E-state index is 13.9. The normalized spacial score (nSPS) is 12.2. The molecule has 0 spiro atoms. The molecular formula is C27H30ClFN4O4S. The fraction of sp³-hybridized carbons (Fsp3) is 0.259. The molecule has 1 atom stereocenters. The fourth-order valence-electron chi connectivity index (χ4n) is 3.83. The summed E-state index contributed by atoms with van der Waals surface area (Å²) in [6.07, 6.45) is 0.205. The summed E-state index contributed by atoms with van der Waals surface area (Å²) < 4.78 is 41.9. The van der Waals surface area contributed by atoms with Crippen LogP contribution in [0.1, 0.15) is 11.1 Å². The van der Waals surface area contributed by atoms with Crippen molar-refractivity contribution in [1.82, 2.24) is 14.5 Å². The summed E-state index contributed by atoms with van der Waals surface area (Å²) in [5.41, 5.74) is 1.64. The molecule has 0 heterocycles. The summed E-state index contributed by atoms with van der Waals surface area (Å²) in [4.78, 5) is 28.4. The predicted molar refractivity (Wildman–Crippen MR) is 146 cm³/mol. The fourth-order valence-corrected chi connectivity index (χ4v) is 5.01. The highest BCUT2D eigenvalue weighted by atomic mass is 35.5. The summed E-state index contributed by atoms with van der Waals surface area (Å²) >= 11 is 6.03. The van der Waals surface area contributed by atoms with Crippen LogP contribution in [-0.2, 0) is 32.8 Å². The predicted octanol–water partition coefficient (Wildman–Crippen LogP) is 3.48. The first-order valence-electron chi connectivity index (χ1n) is 11.8. The van der Waals surface area contributed by atoms with Crippen molar-refractivity contribution in [3.63, 3.8) is 0 Å². The highest BCUT2D eigenvalue weighted by Gasteiger charge is 2.34. The van der Waals surface area contributed by atoms with Crippen molar-refractivity contribution < 1.29 is 22.4 Å². The van der Waals surface area contributed by atoms with Crippen LogP contribution in [0.2, 0.25) is 5.02 Å². The Labute approximate surface area is 227 Å². The number of carbonyl (C=O) groups excluding carboxylic acids is 2. The van der Waals surface area contributed by atoms with Gasteiger partial charge in [-0.05, 0) is 47.5 Å². The van der Waals surface area contributed by atoms with Gasteiger partial charge in [0.15, 0.2) is 0 Å². The minimum absolute atomic E-state index is 0.0280. The van der Waals surface area contributed by atoms with Crippen LogP contribution in [0.4, 0.5) is 10.1 Å². The van der Waals surface area contributed by atoms with Crippen molar-refractivity contribution in [2.24, 2.45) is 0 Å². The Balaban J connectivity index is 2.05. The van der Waals surface area contributed by atoms with Crippen molar-refractivity contribution in [2.45, 2.75) is 19.0 Å². The van der Waals surface area contributed by atoms with Gasteiger partial charge in [-0.2, -0.15) is 12.7 Å². The first kappa shape index (κ1) is 29.1. The topological polar surface area (TPSA) is 90.0 Å². The van der Waals surface area contributed by atoms with Crippen molar-refractivity contribution >= 4 is 39.3 Å². The standard InChI is InChI=1S/C27H30ClFN4O4S/c1-30-27(35)25(17-20-7-5-4-6-8-20)32(18-21-9-11-22(28)12-10-21)26(34)19-33(38(36,37)31(2)3)24-15-13-23(29)14-16-24/h4-16,25H,17-19H2,1-3H3,(H,30,35)/t25-/m0/s1. The van der Waals surface area contributed by atoms with E-state index in [4.69, 9.17) is 11.6 Å². The molecule has 0 aromatic heterocycles. The SMILES string of the molecule is CNC(=O)[C@H](Cc1ccccc1)N(Cc1ccc(Cl)cc1)C(=O)CN(c1ccc(F)cc1)S(=O)(=O)N(C)C. The Bertz CT molecular complexity index is 1340. The Morgan fingerprint density at radius 3 is 2.08 bits per heavy atom. The van der Waals surface area contributed by atoms with Crippen LogP contribution in [-0.4, -0.2) is 63.2 Å². The molecule has 0 unspecified atom stereocenters.